The monoisotopic (exact) mass is 396 g/mol. The normalized spacial score (nSPS) is 10.9. The molecule has 26 heavy (non-hydrogen) atoms. The Morgan fingerprint density at radius 2 is 2.27 bits per heavy atom. The van der Waals surface area contributed by atoms with Gasteiger partial charge < -0.3 is 9.84 Å². The number of aromatic amines is 1. The van der Waals surface area contributed by atoms with Crippen molar-refractivity contribution >= 4 is 35.0 Å². The van der Waals surface area contributed by atoms with Crippen molar-refractivity contribution < 1.29 is 13.7 Å². The van der Waals surface area contributed by atoms with Crippen molar-refractivity contribution in [3.05, 3.63) is 46.6 Å². The largest absolute Gasteiger partial charge is 0.339 e. The minimum Gasteiger partial charge on any atom is -0.339 e. The van der Waals surface area contributed by atoms with Crippen molar-refractivity contribution in [2.75, 3.05) is 5.32 Å². The molecule has 11 heteroatoms. The molecule has 0 spiro atoms. The molecule has 0 aliphatic carbocycles. The number of hydrogen-bond acceptors (Lipinski definition) is 7. The van der Waals surface area contributed by atoms with Crippen LogP contribution < -0.4 is 5.32 Å². The van der Waals surface area contributed by atoms with E-state index in [2.05, 4.69) is 30.6 Å². The molecule has 0 aliphatic heterocycles. The minimum absolute atomic E-state index is 0.0524. The van der Waals surface area contributed by atoms with Crippen LogP contribution in [0, 0.1) is 12.7 Å². The number of hydrogen-bond donors (Lipinski definition) is 2. The number of nitrogens with zero attached hydrogens (tertiary/aromatic N) is 4. The molecule has 1 amide bonds. The first-order chi connectivity index (χ1) is 12.5. The predicted octanol–water partition coefficient (Wildman–Crippen LogP) is 3.15. The number of halogens is 2. The molecule has 0 unspecified atom stereocenters. The summed E-state index contributed by atoms with van der Waals surface area (Å²) < 4.78 is 18.2. The SMILES string of the molecule is Cc1nc(SCc2noc(CCC(=O)Nc3ccc(F)c(Cl)c3)n2)n[nH]1. The quantitative estimate of drug-likeness (QED) is 0.590. The van der Waals surface area contributed by atoms with Crippen molar-refractivity contribution in [2.24, 2.45) is 0 Å². The molecule has 0 fully saturated rings. The summed E-state index contributed by atoms with van der Waals surface area (Å²) in [6, 6.07) is 3.98. The van der Waals surface area contributed by atoms with Gasteiger partial charge in [0.15, 0.2) is 5.82 Å². The number of amides is 1. The van der Waals surface area contributed by atoms with E-state index in [1.54, 1.807) is 0 Å². The highest BCUT2D eigenvalue weighted by Gasteiger charge is 2.11. The molecule has 1 aromatic carbocycles. The first kappa shape index (κ1) is 18.3. The lowest BCUT2D eigenvalue weighted by atomic mass is 10.2. The fraction of sp³-hybridized carbons (Fsp3) is 0.267. The molecule has 2 heterocycles. The lowest BCUT2D eigenvalue weighted by molar-refractivity contribution is -0.116. The van der Waals surface area contributed by atoms with E-state index in [9.17, 15) is 9.18 Å². The summed E-state index contributed by atoms with van der Waals surface area (Å²) in [4.78, 5) is 20.3. The van der Waals surface area contributed by atoms with E-state index < -0.39 is 5.82 Å². The van der Waals surface area contributed by atoms with E-state index in [1.807, 2.05) is 6.92 Å². The molecule has 3 aromatic rings. The highest BCUT2D eigenvalue weighted by atomic mass is 35.5. The first-order valence-corrected chi connectivity index (χ1v) is 8.94. The molecule has 0 bridgehead atoms. The fourth-order valence-corrected chi connectivity index (χ4v) is 2.85. The van der Waals surface area contributed by atoms with E-state index >= 15 is 0 Å². The highest BCUT2D eigenvalue weighted by molar-refractivity contribution is 7.98. The van der Waals surface area contributed by atoms with Crippen molar-refractivity contribution in [1.82, 2.24) is 25.3 Å². The van der Waals surface area contributed by atoms with Gasteiger partial charge in [-0.2, -0.15) is 4.98 Å². The molecule has 0 radical (unpaired) electrons. The number of nitrogens with one attached hydrogen (secondary N) is 2. The Morgan fingerprint density at radius 3 is 3.00 bits per heavy atom. The van der Waals surface area contributed by atoms with Crippen LogP contribution in [0.1, 0.15) is 24.0 Å². The van der Waals surface area contributed by atoms with Crippen LogP contribution in [0.5, 0.6) is 0 Å². The maximum absolute atomic E-state index is 13.1. The third-order valence-electron chi connectivity index (χ3n) is 3.19. The molecule has 2 aromatic heterocycles. The Morgan fingerprint density at radius 1 is 1.42 bits per heavy atom. The molecule has 0 atom stereocenters. The zero-order valence-corrected chi connectivity index (χ0v) is 15.2. The van der Waals surface area contributed by atoms with Crippen LogP contribution in [0.2, 0.25) is 5.02 Å². The predicted molar refractivity (Wildman–Crippen MR) is 93.3 cm³/mol. The average Bonchev–Trinajstić information content (AvgIpc) is 3.23. The maximum atomic E-state index is 13.1. The number of aryl methyl sites for hydroxylation is 2. The number of H-pyrrole nitrogens is 1. The van der Waals surface area contributed by atoms with Crippen molar-refractivity contribution in [1.29, 1.82) is 0 Å². The molecular weight excluding hydrogens is 383 g/mol. The Balaban J connectivity index is 1.46. The highest BCUT2D eigenvalue weighted by Crippen LogP contribution is 2.20. The molecule has 2 N–H and O–H groups in total. The van der Waals surface area contributed by atoms with Gasteiger partial charge in [0.1, 0.15) is 11.6 Å². The average molecular weight is 397 g/mol. The molecular formula is C15H14ClFN6O2S. The summed E-state index contributed by atoms with van der Waals surface area (Å²) in [7, 11) is 0. The number of aromatic nitrogens is 5. The van der Waals surface area contributed by atoms with Gasteiger partial charge >= 0.3 is 0 Å². The zero-order chi connectivity index (χ0) is 18.5. The van der Waals surface area contributed by atoms with Crippen molar-refractivity contribution in [2.45, 2.75) is 30.7 Å². The van der Waals surface area contributed by atoms with Gasteiger partial charge in [0, 0.05) is 18.5 Å². The number of carbonyl (C=O) groups is 1. The molecule has 0 aliphatic rings. The second-order valence-electron chi connectivity index (χ2n) is 5.27. The van der Waals surface area contributed by atoms with Crippen molar-refractivity contribution in [3.8, 4) is 0 Å². The zero-order valence-electron chi connectivity index (χ0n) is 13.6. The topological polar surface area (TPSA) is 110 Å². The van der Waals surface area contributed by atoms with Gasteiger partial charge in [-0.3, -0.25) is 9.89 Å². The smallest absolute Gasteiger partial charge is 0.227 e. The fourth-order valence-electron chi connectivity index (χ4n) is 1.98. The second-order valence-corrected chi connectivity index (χ2v) is 6.62. The molecule has 0 saturated carbocycles. The number of rotatable bonds is 7. The van der Waals surface area contributed by atoms with E-state index in [0.29, 0.717) is 28.3 Å². The maximum Gasteiger partial charge on any atom is 0.227 e. The van der Waals surface area contributed by atoms with E-state index in [-0.39, 0.29) is 23.8 Å². The lowest BCUT2D eigenvalue weighted by Gasteiger charge is -2.04. The minimum atomic E-state index is -0.541. The van der Waals surface area contributed by atoms with E-state index in [1.165, 1.54) is 30.0 Å². The lowest BCUT2D eigenvalue weighted by Crippen LogP contribution is -2.12. The number of benzene rings is 1. The van der Waals surface area contributed by atoms with Crippen molar-refractivity contribution in [3.63, 3.8) is 0 Å². The third kappa shape index (κ3) is 5.02. The van der Waals surface area contributed by atoms with Crippen LogP contribution in [-0.4, -0.2) is 31.2 Å². The summed E-state index contributed by atoms with van der Waals surface area (Å²) in [5.74, 6) is 1.24. The van der Waals surface area contributed by atoms with E-state index in [0.717, 1.165) is 5.82 Å². The second kappa shape index (κ2) is 8.28. The van der Waals surface area contributed by atoms with Gasteiger partial charge in [-0.15, -0.1) is 5.10 Å². The van der Waals surface area contributed by atoms with Crippen LogP contribution in [0.3, 0.4) is 0 Å². The number of thioether (sulfide) groups is 1. The Hall–Kier alpha value is -2.46. The summed E-state index contributed by atoms with van der Waals surface area (Å²) in [6.07, 6.45) is 0.433. The first-order valence-electron chi connectivity index (χ1n) is 7.58. The number of carbonyl (C=O) groups excluding carboxylic acids is 1. The molecule has 3 rings (SSSR count). The van der Waals surface area contributed by atoms with Gasteiger partial charge in [-0.1, -0.05) is 28.5 Å². The third-order valence-corrected chi connectivity index (χ3v) is 4.32. The van der Waals surface area contributed by atoms with Gasteiger partial charge in [0.2, 0.25) is 17.0 Å². The van der Waals surface area contributed by atoms with Crippen LogP contribution in [0.25, 0.3) is 0 Å². The van der Waals surface area contributed by atoms with Crippen LogP contribution in [-0.2, 0) is 17.0 Å². The Bertz CT molecular complexity index is 915. The Labute approximate surface area is 156 Å². The van der Waals surface area contributed by atoms with Gasteiger partial charge in [0.05, 0.1) is 10.8 Å². The standard InChI is InChI=1S/C15H14ClFN6O2S/c1-8-18-15(22-21-8)26-7-12-20-14(25-23-12)5-4-13(24)19-9-2-3-11(17)10(16)6-9/h2-3,6H,4-5,7H2,1H3,(H,19,24)(H,18,21,22). The molecule has 136 valence electrons. The summed E-state index contributed by atoms with van der Waals surface area (Å²) in [6.45, 7) is 1.81. The van der Waals surface area contributed by atoms with E-state index in [4.69, 9.17) is 16.1 Å². The van der Waals surface area contributed by atoms with Gasteiger partial charge in [0.25, 0.3) is 0 Å². The van der Waals surface area contributed by atoms with Crippen LogP contribution >= 0.6 is 23.4 Å². The summed E-state index contributed by atoms with van der Waals surface area (Å²) >= 11 is 7.05. The molecule has 0 saturated heterocycles. The Kier molecular flexibility index (Phi) is 5.84. The summed E-state index contributed by atoms with van der Waals surface area (Å²) in [5, 5.41) is 13.8. The van der Waals surface area contributed by atoms with Crippen LogP contribution in [0.4, 0.5) is 10.1 Å². The summed E-state index contributed by atoms with van der Waals surface area (Å²) in [5.41, 5.74) is 0.422. The van der Waals surface area contributed by atoms with Crippen LogP contribution in [0.15, 0.2) is 27.9 Å². The van der Waals surface area contributed by atoms with Gasteiger partial charge in [-0.25, -0.2) is 9.37 Å². The molecule has 8 nitrogen and oxygen atoms in total. The number of anilines is 1. The van der Waals surface area contributed by atoms with Gasteiger partial charge in [-0.05, 0) is 25.1 Å².